The summed E-state index contributed by atoms with van der Waals surface area (Å²) in [6.07, 6.45) is 2.84. The number of pyridine rings is 1. The number of thiophene rings is 1. The molecule has 0 aliphatic heterocycles. The molecule has 0 aliphatic carbocycles. The van der Waals surface area contributed by atoms with Gasteiger partial charge in [0, 0.05) is 22.5 Å². The van der Waals surface area contributed by atoms with Gasteiger partial charge in [-0.1, -0.05) is 62.4 Å². The van der Waals surface area contributed by atoms with Gasteiger partial charge in [0.25, 0.3) is 0 Å². The van der Waals surface area contributed by atoms with Crippen molar-refractivity contribution in [3.63, 3.8) is 0 Å². The molecule has 156 valence electrons. The third-order valence-corrected chi connectivity index (χ3v) is 7.43. The summed E-state index contributed by atoms with van der Waals surface area (Å²) in [7, 11) is 0. The third-order valence-electron chi connectivity index (χ3n) is 6.19. The molecule has 0 spiro atoms. The average molecular weight is 436 g/mol. The maximum Gasteiger partial charge on any atom is 0.141 e. The Morgan fingerprint density at radius 1 is 0.812 bits per heavy atom. The summed E-state index contributed by atoms with van der Waals surface area (Å²) in [5, 5.41) is 7.14. The van der Waals surface area contributed by atoms with Gasteiger partial charge in [-0.15, -0.1) is 11.3 Å². The van der Waals surface area contributed by atoms with Crippen LogP contribution < -0.4 is 0 Å². The molecule has 0 unspecified atom stereocenters. The van der Waals surface area contributed by atoms with E-state index in [0.29, 0.717) is 10.6 Å². The lowest BCUT2D eigenvalue weighted by Gasteiger charge is -2.15. The van der Waals surface area contributed by atoms with Crippen molar-refractivity contribution >= 4 is 53.1 Å². The second-order valence-electron chi connectivity index (χ2n) is 8.87. The molecule has 1 nitrogen and oxygen atoms in total. The van der Waals surface area contributed by atoms with E-state index < -0.39 is 0 Å². The lowest BCUT2D eigenvalue weighted by Crippen LogP contribution is -1.97. The molecule has 0 saturated heterocycles. The molecule has 0 saturated carbocycles. The molecule has 4 aromatic carbocycles. The first-order chi connectivity index (χ1) is 15.6. The maximum absolute atomic E-state index is 14.5. The van der Waals surface area contributed by atoms with Crippen LogP contribution in [0.15, 0.2) is 79.0 Å². The first kappa shape index (κ1) is 19.4. The second kappa shape index (κ2) is 7.39. The van der Waals surface area contributed by atoms with Crippen LogP contribution in [0.3, 0.4) is 0 Å². The van der Waals surface area contributed by atoms with Gasteiger partial charge in [-0.2, -0.15) is 0 Å². The zero-order chi connectivity index (χ0) is 21.8. The molecule has 6 aromatic rings. The summed E-state index contributed by atoms with van der Waals surface area (Å²) in [5.41, 5.74) is 3.37. The second-order valence-corrected chi connectivity index (χ2v) is 9.89. The standard InChI is InChI=1S/C29H22FNS/c1-17(2)14-20-16-21(15-19-11-10-18-6-3-4-7-22(18)26(19)20)27-29-24(12-13-31-27)23-8-5-9-25(30)28(23)32-29/h3-13,15-17H,14H2,1-2H3. The van der Waals surface area contributed by atoms with Crippen molar-refractivity contribution < 1.29 is 4.39 Å². The zero-order valence-corrected chi connectivity index (χ0v) is 18.8. The van der Waals surface area contributed by atoms with Crippen LogP contribution in [0.5, 0.6) is 0 Å². The molecule has 2 heterocycles. The van der Waals surface area contributed by atoms with Crippen molar-refractivity contribution in [1.82, 2.24) is 4.98 Å². The van der Waals surface area contributed by atoms with E-state index in [-0.39, 0.29) is 5.82 Å². The molecule has 0 aliphatic rings. The van der Waals surface area contributed by atoms with Crippen LogP contribution in [-0.4, -0.2) is 4.98 Å². The topological polar surface area (TPSA) is 12.9 Å². The van der Waals surface area contributed by atoms with E-state index in [4.69, 9.17) is 4.98 Å². The summed E-state index contributed by atoms with van der Waals surface area (Å²) in [5.74, 6) is 0.370. The van der Waals surface area contributed by atoms with Gasteiger partial charge in [-0.25, -0.2) is 4.39 Å². The van der Waals surface area contributed by atoms with E-state index in [1.165, 1.54) is 44.5 Å². The molecular formula is C29H22FNS. The lowest BCUT2D eigenvalue weighted by atomic mass is 9.90. The normalized spacial score (nSPS) is 12.0. The van der Waals surface area contributed by atoms with Crippen molar-refractivity contribution in [2.75, 3.05) is 0 Å². The van der Waals surface area contributed by atoms with Crippen molar-refractivity contribution in [2.24, 2.45) is 5.92 Å². The summed E-state index contributed by atoms with van der Waals surface area (Å²) in [6.45, 7) is 4.52. The maximum atomic E-state index is 14.5. The summed E-state index contributed by atoms with van der Waals surface area (Å²) >= 11 is 1.50. The monoisotopic (exact) mass is 435 g/mol. The van der Waals surface area contributed by atoms with Gasteiger partial charge >= 0.3 is 0 Å². The van der Waals surface area contributed by atoms with Gasteiger partial charge in [-0.3, -0.25) is 4.98 Å². The van der Waals surface area contributed by atoms with Crippen molar-refractivity contribution in [3.8, 4) is 11.3 Å². The number of rotatable bonds is 3. The fourth-order valence-corrected chi connectivity index (χ4v) is 6.08. The van der Waals surface area contributed by atoms with Gasteiger partial charge < -0.3 is 0 Å². The number of halogens is 1. The fraction of sp³-hybridized carbons (Fsp3) is 0.138. The first-order valence-electron chi connectivity index (χ1n) is 11.0. The van der Waals surface area contributed by atoms with Crippen LogP contribution >= 0.6 is 11.3 Å². The average Bonchev–Trinajstić information content (AvgIpc) is 3.18. The molecule has 0 amide bonds. The van der Waals surface area contributed by atoms with Gasteiger partial charge in [0.15, 0.2) is 0 Å². The van der Waals surface area contributed by atoms with Crippen molar-refractivity contribution in [1.29, 1.82) is 0 Å². The Hall–Kier alpha value is -3.30. The lowest BCUT2D eigenvalue weighted by molar-refractivity contribution is 0.642. The van der Waals surface area contributed by atoms with E-state index in [1.807, 2.05) is 18.3 Å². The Kier molecular flexibility index (Phi) is 4.48. The third kappa shape index (κ3) is 3.00. The Morgan fingerprint density at radius 2 is 1.59 bits per heavy atom. The predicted molar refractivity (Wildman–Crippen MR) is 136 cm³/mol. The molecule has 3 heteroatoms. The van der Waals surface area contributed by atoms with E-state index in [0.717, 1.165) is 33.2 Å². The molecule has 0 fully saturated rings. The highest BCUT2D eigenvalue weighted by Crippen LogP contribution is 2.41. The van der Waals surface area contributed by atoms with Crippen LogP contribution in [-0.2, 0) is 6.42 Å². The Bertz CT molecular complexity index is 1640. The largest absolute Gasteiger partial charge is 0.255 e. The highest BCUT2D eigenvalue weighted by Gasteiger charge is 2.16. The first-order valence-corrected chi connectivity index (χ1v) is 11.8. The van der Waals surface area contributed by atoms with Crippen molar-refractivity contribution in [3.05, 3.63) is 90.4 Å². The van der Waals surface area contributed by atoms with E-state index in [2.05, 4.69) is 62.4 Å². The van der Waals surface area contributed by atoms with Crippen LogP contribution in [0.1, 0.15) is 19.4 Å². The van der Waals surface area contributed by atoms with Gasteiger partial charge in [0.2, 0.25) is 0 Å². The van der Waals surface area contributed by atoms with Crippen LogP contribution in [0.2, 0.25) is 0 Å². The number of benzene rings is 4. The molecule has 2 aromatic heterocycles. The summed E-state index contributed by atoms with van der Waals surface area (Å²) in [6, 6.07) is 24.9. The summed E-state index contributed by atoms with van der Waals surface area (Å²) < 4.78 is 16.3. The molecule has 0 radical (unpaired) electrons. The Balaban J connectivity index is 1.68. The minimum Gasteiger partial charge on any atom is -0.255 e. The molecular weight excluding hydrogens is 413 g/mol. The Morgan fingerprint density at radius 3 is 2.47 bits per heavy atom. The molecule has 0 atom stereocenters. The van der Waals surface area contributed by atoms with Gasteiger partial charge in [0.1, 0.15) is 5.82 Å². The minimum absolute atomic E-state index is 0.167. The number of nitrogens with zero attached hydrogens (tertiary/aromatic N) is 1. The summed E-state index contributed by atoms with van der Waals surface area (Å²) in [4.78, 5) is 4.78. The number of aromatic nitrogens is 1. The molecule has 32 heavy (non-hydrogen) atoms. The highest BCUT2D eigenvalue weighted by atomic mass is 32.1. The highest BCUT2D eigenvalue weighted by molar-refractivity contribution is 7.26. The SMILES string of the molecule is CC(C)Cc1cc(-c2nccc3c2sc2c(F)cccc23)cc2ccc3ccccc3c12. The Labute approximate surface area is 190 Å². The molecule has 0 N–H and O–H groups in total. The quantitative estimate of drug-likeness (QED) is 0.253. The number of hydrogen-bond donors (Lipinski definition) is 0. The smallest absolute Gasteiger partial charge is 0.141 e. The van der Waals surface area contributed by atoms with Crippen LogP contribution in [0, 0.1) is 11.7 Å². The van der Waals surface area contributed by atoms with E-state index in [1.54, 1.807) is 6.07 Å². The predicted octanol–water partition coefficient (Wildman–Crippen LogP) is 8.76. The molecule has 0 bridgehead atoms. The van der Waals surface area contributed by atoms with E-state index in [9.17, 15) is 4.39 Å². The van der Waals surface area contributed by atoms with Gasteiger partial charge in [0.05, 0.1) is 15.1 Å². The molecule has 6 rings (SSSR count). The number of hydrogen-bond acceptors (Lipinski definition) is 2. The zero-order valence-electron chi connectivity index (χ0n) is 18.0. The van der Waals surface area contributed by atoms with Crippen molar-refractivity contribution in [2.45, 2.75) is 20.3 Å². The fourth-order valence-electron chi connectivity index (χ4n) is 4.87. The van der Waals surface area contributed by atoms with Crippen LogP contribution in [0.4, 0.5) is 4.39 Å². The minimum atomic E-state index is -0.167. The number of fused-ring (bicyclic) bond motifs is 6. The van der Waals surface area contributed by atoms with Gasteiger partial charge in [-0.05, 0) is 63.7 Å². The van der Waals surface area contributed by atoms with Crippen LogP contribution in [0.25, 0.3) is 53.0 Å². The van der Waals surface area contributed by atoms with E-state index >= 15 is 0 Å².